The number of aryl methyl sites for hydroxylation is 1. The van der Waals surface area contributed by atoms with Gasteiger partial charge < -0.3 is 5.32 Å². The molecule has 0 fully saturated rings. The highest BCUT2D eigenvalue weighted by atomic mass is 15.3. The normalized spacial score (nSPS) is 12.9. The summed E-state index contributed by atoms with van der Waals surface area (Å²) in [5.74, 6) is 1.74. The summed E-state index contributed by atoms with van der Waals surface area (Å²) < 4.78 is 1.76. The van der Waals surface area contributed by atoms with Gasteiger partial charge in [-0.15, -0.1) is 0 Å². The minimum atomic E-state index is 0.0930. The van der Waals surface area contributed by atoms with Gasteiger partial charge >= 0.3 is 0 Å². The van der Waals surface area contributed by atoms with E-state index in [9.17, 15) is 0 Å². The molecule has 16 heavy (non-hydrogen) atoms. The molecule has 0 aliphatic carbocycles. The predicted octanol–water partition coefficient (Wildman–Crippen LogP) is -0.174. The molecule has 2 heterocycles. The number of hydrogen-bond donors (Lipinski definition) is 2. The molecule has 2 aromatic rings. The summed E-state index contributed by atoms with van der Waals surface area (Å²) in [6.07, 6.45) is 3.80. The first kappa shape index (κ1) is 10.7. The Morgan fingerprint density at radius 2 is 2.31 bits per heavy atom. The van der Waals surface area contributed by atoms with E-state index in [-0.39, 0.29) is 6.04 Å². The van der Waals surface area contributed by atoms with Crippen LogP contribution in [0.2, 0.25) is 0 Å². The molecular weight excluding hydrogens is 206 g/mol. The molecule has 7 nitrogen and oxygen atoms in total. The van der Waals surface area contributed by atoms with Crippen molar-refractivity contribution in [2.45, 2.75) is 19.4 Å². The molecule has 1 atom stereocenters. The molecule has 0 bridgehead atoms. The molecule has 1 unspecified atom stereocenters. The fourth-order valence-electron chi connectivity index (χ4n) is 1.58. The molecule has 2 rings (SSSR count). The number of H-pyrrole nitrogens is 1. The Morgan fingerprint density at radius 3 is 2.88 bits per heavy atom. The van der Waals surface area contributed by atoms with E-state index >= 15 is 0 Å². The van der Waals surface area contributed by atoms with Crippen LogP contribution in [0.3, 0.4) is 0 Å². The smallest absolute Gasteiger partial charge is 0.141 e. The van der Waals surface area contributed by atoms with Gasteiger partial charge in [-0.1, -0.05) is 6.92 Å². The number of hydrogen-bond acceptors (Lipinski definition) is 5. The van der Waals surface area contributed by atoms with Crippen LogP contribution in [0.4, 0.5) is 0 Å². The van der Waals surface area contributed by atoms with Gasteiger partial charge in [0.15, 0.2) is 0 Å². The second kappa shape index (κ2) is 4.84. The summed E-state index contributed by atoms with van der Waals surface area (Å²) in [4.78, 5) is 8.36. The summed E-state index contributed by atoms with van der Waals surface area (Å²) in [5, 5.41) is 14.1. The van der Waals surface area contributed by atoms with Crippen molar-refractivity contribution in [3.8, 4) is 0 Å². The number of rotatable bonds is 5. The zero-order valence-corrected chi connectivity index (χ0v) is 9.38. The fraction of sp³-hybridized carbons (Fsp3) is 0.556. The van der Waals surface area contributed by atoms with Crippen molar-refractivity contribution in [2.75, 3.05) is 6.54 Å². The minimum Gasteiger partial charge on any atom is -0.307 e. The lowest BCUT2D eigenvalue weighted by Gasteiger charge is -2.14. The Labute approximate surface area is 93.3 Å². The Bertz CT molecular complexity index is 419. The van der Waals surface area contributed by atoms with Crippen LogP contribution in [0.15, 0.2) is 12.7 Å². The third kappa shape index (κ3) is 2.25. The van der Waals surface area contributed by atoms with Crippen LogP contribution in [0, 0.1) is 0 Å². The molecule has 0 saturated heterocycles. The second-order valence-electron chi connectivity index (χ2n) is 3.48. The van der Waals surface area contributed by atoms with Gasteiger partial charge in [-0.3, -0.25) is 9.78 Å². The number of likely N-dealkylation sites (N-methyl/N-ethyl adjacent to an activating group) is 1. The van der Waals surface area contributed by atoms with Crippen LogP contribution in [0.5, 0.6) is 0 Å². The molecule has 0 amide bonds. The fourth-order valence-corrected chi connectivity index (χ4v) is 1.58. The van der Waals surface area contributed by atoms with Crippen LogP contribution in [-0.4, -0.2) is 36.5 Å². The molecule has 7 heteroatoms. The van der Waals surface area contributed by atoms with Gasteiger partial charge in [-0.2, -0.15) is 10.2 Å². The highest BCUT2D eigenvalue weighted by Crippen LogP contribution is 2.11. The maximum absolute atomic E-state index is 4.20. The Kier molecular flexibility index (Phi) is 3.25. The number of nitrogens with zero attached hydrogens (tertiary/aromatic N) is 5. The summed E-state index contributed by atoms with van der Waals surface area (Å²) in [5.41, 5.74) is 0. The van der Waals surface area contributed by atoms with Crippen LogP contribution >= 0.6 is 0 Å². The van der Waals surface area contributed by atoms with Crippen LogP contribution in [0.1, 0.15) is 24.6 Å². The van der Waals surface area contributed by atoms with Gasteiger partial charge in [0.2, 0.25) is 0 Å². The van der Waals surface area contributed by atoms with Crippen molar-refractivity contribution in [1.82, 2.24) is 35.3 Å². The summed E-state index contributed by atoms with van der Waals surface area (Å²) in [6.45, 7) is 2.92. The van der Waals surface area contributed by atoms with Gasteiger partial charge in [0, 0.05) is 13.5 Å². The van der Waals surface area contributed by atoms with E-state index in [4.69, 9.17) is 0 Å². The lowest BCUT2D eigenvalue weighted by molar-refractivity contribution is 0.500. The number of aromatic nitrogens is 6. The molecule has 0 aliphatic heterocycles. The highest BCUT2D eigenvalue weighted by molar-refractivity contribution is 4.98. The van der Waals surface area contributed by atoms with Crippen molar-refractivity contribution in [1.29, 1.82) is 0 Å². The van der Waals surface area contributed by atoms with Crippen molar-refractivity contribution in [3.63, 3.8) is 0 Å². The Hall–Kier alpha value is -1.76. The zero-order valence-electron chi connectivity index (χ0n) is 9.38. The monoisotopic (exact) mass is 221 g/mol. The van der Waals surface area contributed by atoms with E-state index in [0.717, 1.165) is 24.6 Å². The lowest BCUT2D eigenvalue weighted by Crippen LogP contribution is -2.25. The zero-order chi connectivity index (χ0) is 11.4. The molecule has 0 radical (unpaired) electrons. The molecule has 86 valence electrons. The highest BCUT2D eigenvalue weighted by Gasteiger charge is 2.16. The largest absolute Gasteiger partial charge is 0.307 e. The van der Waals surface area contributed by atoms with Crippen LogP contribution in [0.25, 0.3) is 0 Å². The first-order valence-corrected chi connectivity index (χ1v) is 5.22. The quantitative estimate of drug-likeness (QED) is 0.732. The number of nitrogens with one attached hydrogen (secondary N) is 2. The van der Waals surface area contributed by atoms with Crippen molar-refractivity contribution in [3.05, 3.63) is 24.3 Å². The van der Waals surface area contributed by atoms with E-state index in [1.807, 2.05) is 7.05 Å². The van der Waals surface area contributed by atoms with Gasteiger partial charge in [-0.05, 0) is 6.54 Å². The first-order valence-electron chi connectivity index (χ1n) is 5.22. The third-order valence-corrected chi connectivity index (χ3v) is 2.41. The van der Waals surface area contributed by atoms with E-state index in [2.05, 4.69) is 37.5 Å². The van der Waals surface area contributed by atoms with E-state index in [0.29, 0.717) is 0 Å². The van der Waals surface area contributed by atoms with E-state index < -0.39 is 0 Å². The lowest BCUT2D eigenvalue weighted by atomic mass is 10.2. The predicted molar refractivity (Wildman–Crippen MR) is 57.5 cm³/mol. The molecule has 2 aromatic heterocycles. The SMILES string of the molecule is CCNC(Cc1ncnn1C)c1ncn[nH]1. The van der Waals surface area contributed by atoms with Crippen molar-refractivity contribution < 1.29 is 0 Å². The molecule has 0 aromatic carbocycles. The summed E-state index contributed by atoms with van der Waals surface area (Å²) in [7, 11) is 1.88. The third-order valence-electron chi connectivity index (χ3n) is 2.41. The Morgan fingerprint density at radius 1 is 1.44 bits per heavy atom. The maximum Gasteiger partial charge on any atom is 0.141 e. The maximum atomic E-state index is 4.20. The summed E-state index contributed by atoms with van der Waals surface area (Å²) in [6, 6.07) is 0.0930. The molecule has 0 spiro atoms. The molecule has 0 aliphatic rings. The topological polar surface area (TPSA) is 84.3 Å². The van der Waals surface area contributed by atoms with Gasteiger partial charge in [0.05, 0.1) is 6.04 Å². The van der Waals surface area contributed by atoms with E-state index in [1.54, 1.807) is 11.0 Å². The average Bonchev–Trinajstić information content (AvgIpc) is 2.90. The summed E-state index contributed by atoms with van der Waals surface area (Å²) >= 11 is 0. The van der Waals surface area contributed by atoms with Crippen molar-refractivity contribution >= 4 is 0 Å². The number of aromatic amines is 1. The minimum absolute atomic E-state index is 0.0930. The average molecular weight is 221 g/mol. The van der Waals surface area contributed by atoms with E-state index in [1.165, 1.54) is 6.33 Å². The molecular formula is C9H15N7. The second-order valence-corrected chi connectivity index (χ2v) is 3.48. The van der Waals surface area contributed by atoms with Gasteiger partial charge in [0.25, 0.3) is 0 Å². The molecule has 0 saturated carbocycles. The van der Waals surface area contributed by atoms with Crippen molar-refractivity contribution in [2.24, 2.45) is 7.05 Å². The first-order chi connectivity index (χ1) is 7.81. The van der Waals surface area contributed by atoms with Gasteiger partial charge in [-0.25, -0.2) is 9.97 Å². The Balaban J connectivity index is 2.12. The van der Waals surface area contributed by atoms with Crippen LogP contribution < -0.4 is 5.32 Å². The standard InChI is InChI=1S/C9H15N7/c1-3-10-7(9-12-5-13-15-9)4-8-11-6-14-16(8)2/h5-7,10H,3-4H2,1-2H3,(H,12,13,15). The van der Waals surface area contributed by atoms with Gasteiger partial charge in [0.1, 0.15) is 24.3 Å². The van der Waals surface area contributed by atoms with Crippen LogP contribution in [-0.2, 0) is 13.5 Å². The molecule has 2 N–H and O–H groups in total.